The second-order valence-corrected chi connectivity index (χ2v) is 4.59. The second kappa shape index (κ2) is 6.38. The Morgan fingerprint density at radius 1 is 1.55 bits per heavy atom. The summed E-state index contributed by atoms with van der Waals surface area (Å²) in [6.07, 6.45) is 2.63. The van der Waals surface area contributed by atoms with E-state index in [0.717, 1.165) is 4.90 Å². The average molecular weight is 296 g/mol. The van der Waals surface area contributed by atoms with Gasteiger partial charge in [0, 0.05) is 6.20 Å². The zero-order valence-corrected chi connectivity index (χ0v) is 11.5. The van der Waals surface area contributed by atoms with Crippen LogP contribution in [0.1, 0.15) is 10.4 Å². The quantitative estimate of drug-likeness (QED) is 0.603. The Labute approximate surface area is 119 Å². The molecule has 0 aliphatic carbocycles. The molecule has 1 fully saturated rings. The summed E-state index contributed by atoms with van der Waals surface area (Å²) in [4.78, 5) is 39.6. The molecule has 1 aromatic rings. The van der Waals surface area contributed by atoms with Crippen molar-refractivity contribution in [3.8, 4) is 0 Å². The van der Waals surface area contributed by atoms with Gasteiger partial charge in [-0.15, -0.1) is 11.8 Å². The minimum Gasteiger partial charge on any atom is -0.452 e. The number of pyridine rings is 1. The number of cyclic esters (lactones) is 1. The Morgan fingerprint density at radius 2 is 2.35 bits per heavy atom. The molecule has 0 spiro atoms. The SMILES string of the molecule is CSc1ncccc1C(=O)OCC(=O)N1CCOC1=O. The Bertz CT molecular complexity index is 548. The maximum Gasteiger partial charge on any atom is 0.416 e. The molecule has 0 unspecified atom stereocenters. The first kappa shape index (κ1) is 14.3. The lowest BCUT2D eigenvalue weighted by Gasteiger charge is -2.11. The van der Waals surface area contributed by atoms with Crippen LogP contribution in [0.4, 0.5) is 4.79 Å². The van der Waals surface area contributed by atoms with Gasteiger partial charge in [-0.2, -0.15) is 0 Å². The third-order valence-electron chi connectivity index (χ3n) is 2.57. The normalized spacial score (nSPS) is 14.1. The highest BCUT2D eigenvalue weighted by Crippen LogP contribution is 2.17. The van der Waals surface area contributed by atoms with Gasteiger partial charge in [0.1, 0.15) is 11.6 Å². The van der Waals surface area contributed by atoms with Crippen molar-refractivity contribution in [2.75, 3.05) is 26.0 Å². The number of esters is 1. The Balaban J connectivity index is 1.95. The van der Waals surface area contributed by atoms with Gasteiger partial charge in [-0.05, 0) is 18.4 Å². The second-order valence-electron chi connectivity index (χ2n) is 3.80. The van der Waals surface area contributed by atoms with E-state index in [1.807, 2.05) is 0 Å². The first-order valence-electron chi connectivity index (χ1n) is 5.76. The minimum atomic E-state index is -0.711. The summed E-state index contributed by atoms with van der Waals surface area (Å²) in [5, 5.41) is 0.519. The van der Waals surface area contributed by atoms with Crippen molar-refractivity contribution in [3.63, 3.8) is 0 Å². The van der Waals surface area contributed by atoms with E-state index in [2.05, 4.69) is 9.72 Å². The molecule has 106 valence electrons. The van der Waals surface area contributed by atoms with Gasteiger partial charge in [-0.1, -0.05) is 0 Å². The molecule has 0 aromatic carbocycles. The van der Waals surface area contributed by atoms with Gasteiger partial charge in [0.25, 0.3) is 5.91 Å². The smallest absolute Gasteiger partial charge is 0.416 e. The number of carbonyl (C=O) groups is 3. The van der Waals surface area contributed by atoms with Crippen LogP contribution < -0.4 is 0 Å². The fourth-order valence-corrected chi connectivity index (χ4v) is 2.15. The zero-order chi connectivity index (χ0) is 14.5. The number of carbonyl (C=O) groups excluding carboxylic acids is 3. The van der Waals surface area contributed by atoms with E-state index in [0.29, 0.717) is 5.03 Å². The molecule has 2 amide bonds. The molecule has 8 heteroatoms. The average Bonchev–Trinajstić information content (AvgIpc) is 2.90. The van der Waals surface area contributed by atoms with Gasteiger partial charge in [-0.25, -0.2) is 19.5 Å². The molecule has 0 bridgehead atoms. The number of nitrogens with zero attached hydrogens (tertiary/aromatic N) is 2. The number of rotatable bonds is 4. The topological polar surface area (TPSA) is 85.8 Å². The highest BCUT2D eigenvalue weighted by Gasteiger charge is 2.29. The monoisotopic (exact) mass is 296 g/mol. The van der Waals surface area contributed by atoms with Gasteiger partial charge < -0.3 is 9.47 Å². The lowest BCUT2D eigenvalue weighted by atomic mass is 10.3. The van der Waals surface area contributed by atoms with Gasteiger partial charge in [-0.3, -0.25) is 4.79 Å². The van der Waals surface area contributed by atoms with Crippen LogP contribution in [-0.2, 0) is 14.3 Å². The number of imide groups is 1. The van der Waals surface area contributed by atoms with Crippen molar-refractivity contribution < 1.29 is 23.9 Å². The van der Waals surface area contributed by atoms with Crippen LogP contribution in [0, 0.1) is 0 Å². The number of hydrogen-bond donors (Lipinski definition) is 0. The molecule has 1 aliphatic rings. The summed E-state index contributed by atoms with van der Waals surface area (Å²) < 4.78 is 9.53. The summed E-state index contributed by atoms with van der Waals surface area (Å²) in [5.41, 5.74) is 0.289. The molecule has 20 heavy (non-hydrogen) atoms. The van der Waals surface area contributed by atoms with Crippen LogP contribution in [0.25, 0.3) is 0 Å². The summed E-state index contributed by atoms with van der Waals surface area (Å²) in [7, 11) is 0. The van der Waals surface area contributed by atoms with Gasteiger partial charge in [0.15, 0.2) is 6.61 Å². The highest BCUT2D eigenvalue weighted by molar-refractivity contribution is 7.98. The predicted octanol–water partition coefficient (Wildman–Crippen LogP) is 0.939. The van der Waals surface area contributed by atoms with Crippen LogP contribution in [0.5, 0.6) is 0 Å². The van der Waals surface area contributed by atoms with Crippen molar-refractivity contribution in [1.82, 2.24) is 9.88 Å². The van der Waals surface area contributed by atoms with E-state index in [-0.39, 0.29) is 18.7 Å². The Kier molecular flexibility index (Phi) is 4.57. The van der Waals surface area contributed by atoms with Crippen LogP contribution in [0.2, 0.25) is 0 Å². The fourth-order valence-electron chi connectivity index (χ4n) is 1.61. The predicted molar refractivity (Wildman–Crippen MR) is 69.4 cm³/mol. The van der Waals surface area contributed by atoms with Crippen LogP contribution >= 0.6 is 11.8 Å². The fraction of sp³-hybridized carbons (Fsp3) is 0.333. The van der Waals surface area contributed by atoms with Gasteiger partial charge in [0.2, 0.25) is 0 Å². The maximum atomic E-state index is 11.9. The standard InChI is InChI=1S/C12H12N2O5S/c1-20-10-8(3-2-4-13-10)11(16)19-7-9(15)14-5-6-18-12(14)17/h2-4H,5-7H2,1H3. The zero-order valence-electron chi connectivity index (χ0n) is 10.7. The van der Waals surface area contributed by atoms with Crippen molar-refractivity contribution in [2.24, 2.45) is 0 Å². The van der Waals surface area contributed by atoms with Crippen molar-refractivity contribution in [3.05, 3.63) is 23.9 Å². The van der Waals surface area contributed by atoms with Crippen LogP contribution in [0.15, 0.2) is 23.4 Å². The molecular weight excluding hydrogens is 284 g/mol. The van der Waals surface area contributed by atoms with E-state index in [1.165, 1.54) is 11.8 Å². The van der Waals surface area contributed by atoms with E-state index in [9.17, 15) is 14.4 Å². The summed E-state index contributed by atoms with van der Waals surface area (Å²) in [6.45, 7) is -0.160. The third-order valence-corrected chi connectivity index (χ3v) is 3.29. The van der Waals surface area contributed by atoms with E-state index in [1.54, 1.807) is 24.6 Å². The molecule has 0 N–H and O–H groups in total. The van der Waals surface area contributed by atoms with E-state index < -0.39 is 24.6 Å². The third kappa shape index (κ3) is 3.08. The molecule has 1 aliphatic heterocycles. The molecule has 1 aromatic heterocycles. The molecule has 2 rings (SSSR count). The maximum absolute atomic E-state index is 11.9. The number of aromatic nitrogens is 1. The van der Waals surface area contributed by atoms with Gasteiger partial charge in [0.05, 0.1) is 12.1 Å². The lowest BCUT2D eigenvalue weighted by molar-refractivity contribution is -0.131. The first-order valence-corrected chi connectivity index (χ1v) is 6.99. The minimum absolute atomic E-state index is 0.164. The number of amides is 2. The first-order chi connectivity index (χ1) is 9.63. The molecule has 1 saturated heterocycles. The number of thioether (sulfide) groups is 1. The Morgan fingerprint density at radius 3 is 3.00 bits per heavy atom. The Hall–Kier alpha value is -2.09. The van der Waals surface area contributed by atoms with E-state index in [4.69, 9.17) is 4.74 Å². The lowest BCUT2D eigenvalue weighted by Crippen LogP contribution is -2.35. The molecular formula is C12H12N2O5S. The summed E-state index contributed by atoms with van der Waals surface area (Å²) >= 11 is 1.30. The molecule has 0 saturated carbocycles. The molecule has 7 nitrogen and oxygen atoms in total. The number of hydrogen-bond acceptors (Lipinski definition) is 7. The summed E-state index contributed by atoms with van der Waals surface area (Å²) in [5.74, 6) is -1.25. The van der Waals surface area contributed by atoms with Gasteiger partial charge >= 0.3 is 12.1 Å². The van der Waals surface area contributed by atoms with E-state index >= 15 is 0 Å². The van der Waals surface area contributed by atoms with Crippen LogP contribution in [0.3, 0.4) is 0 Å². The van der Waals surface area contributed by atoms with Crippen molar-refractivity contribution in [2.45, 2.75) is 5.03 Å². The summed E-state index contributed by atoms with van der Waals surface area (Å²) in [6, 6.07) is 3.17. The molecule has 0 radical (unpaired) electrons. The largest absolute Gasteiger partial charge is 0.452 e. The van der Waals surface area contributed by atoms with Crippen molar-refractivity contribution >= 4 is 29.7 Å². The molecule has 0 atom stereocenters. The molecule has 2 heterocycles. The highest BCUT2D eigenvalue weighted by atomic mass is 32.2. The number of ether oxygens (including phenoxy) is 2. The van der Waals surface area contributed by atoms with Crippen LogP contribution in [-0.4, -0.2) is 53.9 Å². The van der Waals surface area contributed by atoms with Crippen molar-refractivity contribution in [1.29, 1.82) is 0 Å².